The van der Waals surface area contributed by atoms with Gasteiger partial charge >= 0.3 is 0 Å². The van der Waals surface area contributed by atoms with Crippen LogP contribution in [0.5, 0.6) is 11.5 Å². The summed E-state index contributed by atoms with van der Waals surface area (Å²) in [7, 11) is 0. The van der Waals surface area contributed by atoms with Gasteiger partial charge in [0.05, 0.1) is 0 Å². The Hall–Kier alpha value is -4.52. The number of rotatable bonds is 8. The summed E-state index contributed by atoms with van der Waals surface area (Å²) in [4.78, 5) is 35.2. The molecule has 38 heavy (non-hydrogen) atoms. The van der Waals surface area contributed by atoms with Crippen LogP contribution in [0, 0.1) is 0 Å². The summed E-state index contributed by atoms with van der Waals surface area (Å²) >= 11 is 0. The zero-order valence-corrected chi connectivity index (χ0v) is 21.1. The molecule has 1 saturated heterocycles. The summed E-state index contributed by atoms with van der Waals surface area (Å²) in [6, 6.07) is 25.0. The maximum absolute atomic E-state index is 13.0. The number of piperidine rings is 1. The lowest BCUT2D eigenvalue weighted by Crippen LogP contribution is -2.37. The van der Waals surface area contributed by atoms with Gasteiger partial charge in [-0.25, -0.2) is 9.97 Å². The minimum absolute atomic E-state index is 0.0342. The fourth-order valence-corrected chi connectivity index (χ4v) is 4.67. The van der Waals surface area contributed by atoms with E-state index in [2.05, 4.69) is 27.4 Å². The summed E-state index contributed by atoms with van der Waals surface area (Å²) in [5.74, 6) is 1.88. The molecule has 1 aromatic heterocycles. The lowest BCUT2D eigenvalue weighted by molar-refractivity contribution is -0.116. The lowest BCUT2D eigenvalue weighted by Gasteiger charge is -2.32. The van der Waals surface area contributed by atoms with Crippen molar-refractivity contribution < 1.29 is 14.3 Å². The normalized spacial score (nSPS) is 13.6. The average molecular weight is 507 g/mol. The Morgan fingerprint density at radius 1 is 0.842 bits per heavy atom. The molecule has 5 rings (SSSR count). The van der Waals surface area contributed by atoms with Gasteiger partial charge in [0, 0.05) is 43.2 Å². The number of likely N-dealkylation sites (tertiary alicyclic amines) is 1. The number of carbonyl (C=O) groups is 2. The molecule has 2 heterocycles. The highest BCUT2D eigenvalue weighted by molar-refractivity contribution is 5.94. The van der Waals surface area contributed by atoms with Gasteiger partial charge in [0.1, 0.15) is 17.8 Å². The molecular formula is C31H30N4O3. The van der Waals surface area contributed by atoms with Crippen LogP contribution >= 0.6 is 0 Å². The van der Waals surface area contributed by atoms with Crippen LogP contribution in [-0.4, -0.2) is 39.8 Å². The second kappa shape index (κ2) is 12.1. The van der Waals surface area contributed by atoms with E-state index in [1.165, 1.54) is 11.9 Å². The number of hydrogen-bond acceptors (Lipinski definition) is 5. The van der Waals surface area contributed by atoms with Crippen molar-refractivity contribution in [3.05, 3.63) is 114 Å². The second-order valence-corrected chi connectivity index (χ2v) is 9.42. The van der Waals surface area contributed by atoms with E-state index in [0.717, 1.165) is 29.8 Å². The van der Waals surface area contributed by atoms with Crippen LogP contribution in [0.15, 0.2) is 97.6 Å². The summed E-state index contributed by atoms with van der Waals surface area (Å²) in [6.45, 7) is 1.43. The van der Waals surface area contributed by atoms with Crippen molar-refractivity contribution in [3.63, 3.8) is 0 Å². The molecule has 192 valence electrons. The van der Waals surface area contributed by atoms with Gasteiger partial charge in [0.15, 0.2) is 0 Å². The highest BCUT2D eigenvalue weighted by Gasteiger charge is 2.24. The molecule has 4 aromatic rings. The first-order chi connectivity index (χ1) is 18.6. The SMILES string of the molecule is O=C(CCc1cncnc1)Nc1ccc(C2CCN(C(=O)c3ccc(Oc4ccccc4)cc3)CC2)cc1. The van der Waals surface area contributed by atoms with Crippen molar-refractivity contribution >= 4 is 17.5 Å². The molecule has 0 unspecified atom stereocenters. The highest BCUT2D eigenvalue weighted by atomic mass is 16.5. The minimum atomic E-state index is -0.0342. The molecule has 1 aliphatic heterocycles. The van der Waals surface area contributed by atoms with E-state index < -0.39 is 0 Å². The molecule has 7 heteroatoms. The highest BCUT2D eigenvalue weighted by Crippen LogP contribution is 2.30. The van der Waals surface area contributed by atoms with Crippen LogP contribution in [0.4, 0.5) is 5.69 Å². The Kier molecular flexibility index (Phi) is 8.04. The summed E-state index contributed by atoms with van der Waals surface area (Å²) in [5, 5.41) is 2.96. The van der Waals surface area contributed by atoms with E-state index in [9.17, 15) is 9.59 Å². The van der Waals surface area contributed by atoms with Gasteiger partial charge in [-0.05, 0) is 84.8 Å². The molecule has 0 saturated carbocycles. The molecule has 0 spiro atoms. The number of anilines is 1. The zero-order valence-electron chi connectivity index (χ0n) is 21.1. The van der Waals surface area contributed by atoms with Crippen LogP contribution in [-0.2, 0) is 11.2 Å². The van der Waals surface area contributed by atoms with E-state index in [1.807, 2.05) is 71.6 Å². The van der Waals surface area contributed by atoms with E-state index in [1.54, 1.807) is 12.4 Å². The monoisotopic (exact) mass is 506 g/mol. The van der Waals surface area contributed by atoms with Gasteiger partial charge in [-0.3, -0.25) is 9.59 Å². The number of amides is 2. The molecule has 0 radical (unpaired) electrons. The van der Waals surface area contributed by atoms with Crippen molar-refractivity contribution in [3.8, 4) is 11.5 Å². The lowest BCUT2D eigenvalue weighted by atomic mass is 9.89. The summed E-state index contributed by atoms with van der Waals surface area (Å²) in [5.41, 5.74) is 3.63. The average Bonchev–Trinajstić information content (AvgIpc) is 2.98. The van der Waals surface area contributed by atoms with Gasteiger partial charge < -0.3 is 15.0 Å². The standard InChI is InChI=1S/C31H30N4O3/c36-30(15-6-23-20-32-22-33-21-23)34-27-11-7-24(8-12-27)25-16-18-35(19-17-25)31(37)26-9-13-29(14-10-26)38-28-4-2-1-3-5-28/h1-5,7-14,20-22,25H,6,15-19H2,(H,34,36). The van der Waals surface area contributed by atoms with Gasteiger partial charge in [-0.1, -0.05) is 30.3 Å². The second-order valence-electron chi connectivity index (χ2n) is 9.42. The fourth-order valence-electron chi connectivity index (χ4n) is 4.67. The summed E-state index contributed by atoms with van der Waals surface area (Å²) in [6.07, 6.45) is 7.74. The van der Waals surface area contributed by atoms with Gasteiger partial charge in [-0.2, -0.15) is 0 Å². The number of aromatic nitrogens is 2. The Bertz CT molecular complexity index is 1340. The van der Waals surface area contributed by atoms with Crippen LogP contribution in [0.2, 0.25) is 0 Å². The Morgan fingerprint density at radius 2 is 1.50 bits per heavy atom. The molecule has 1 N–H and O–H groups in total. The van der Waals surface area contributed by atoms with E-state index in [4.69, 9.17) is 4.74 Å². The van der Waals surface area contributed by atoms with E-state index in [0.29, 0.717) is 43.2 Å². The topological polar surface area (TPSA) is 84.4 Å². The predicted octanol–water partition coefficient (Wildman–Crippen LogP) is 5.86. The Labute approximate surface area is 222 Å². The molecule has 3 aromatic carbocycles. The van der Waals surface area contributed by atoms with E-state index >= 15 is 0 Å². The molecule has 7 nitrogen and oxygen atoms in total. The number of benzene rings is 3. The van der Waals surface area contributed by atoms with Crippen molar-refractivity contribution in [1.29, 1.82) is 0 Å². The smallest absolute Gasteiger partial charge is 0.253 e. The number of aryl methyl sites for hydroxylation is 1. The maximum atomic E-state index is 13.0. The molecule has 0 atom stereocenters. The predicted molar refractivity (Wildman–Crippen MR) is 146 cm³/mol. The third-order valence-electron chi connectivity index (χ3n) is 6.78. The van der Waals surface area contributed by atoms with Crippen molar-refractivity contribution in [2.75, 3.05) is 18.4 Å². The fraction of sp³-hybridized carbons (Fsp3) is 0.226. The van der Waals surface area contributed by atoms with Crippen molar-refractivity contribution in [1.82, 2.24) is 14.9 Å². The molecule has 2 amide bonds. The molecular weight excluding hydrogens is 476 g/mol. The number of hydrogen-bond donors (Lipinski definition) is 1. The zero-order chi connectivity index (χ0) is 26.2. The van der Waals surface area contributed by atoms with Crippen molar-refractivity contribution in [2.24, 2.45) is 0 Å². The number of ether oxygens (including phenoxy) is 1. The minimum Gasteiger partial charge on any atom is -0.457 e. The largest absolute Gasteiger partial charge is 0.457 e. The van der Waals surface area contributed by atoms with Crippen LogP contribution in [0.1, 0.15) is 46.7 Å². The third kappa shape index (κ3) is 6.62. The number of nitrogens with one attached hydrogen (secondary N) is 1. The molecule has 1 aliphatic rings. The van der Waals surface area contributed by atoms with Gasteiger partial charge in [0.25, 0.3) is 5.91 Å². The van der Waals surface area contributed by atoms with Gasteiger partial charge in [0.2, 0.25) is 5.91 Å². The third-order valence-corrected chi connectivity index (χ3v) is 6.78. The molecule has 0 bridgehead atoms. The Balaban J connectivity index is 1.09. The number of nitrogens with zero attached hydrogens (tertiary/aromatic N) is 3. The van der Waals surface area contributed by atoms with Crippen LogP contribution in [0.25, 0.3) is 0 Å². The van der Waals surface area contributed by atoms with Crippen molar-refractivity contribution in [2.45, 2.75) is 31.6 Å². The summed E-state index contributed by atoms with van der Waals surface area (Å²) < 4.78 is 5.83. The Morgan fingerprint density at radius 3 is 2.18 bits per heavy atom. The van der Waals surface area contributed by atoms with Crippen LogP contribution in [0.3, 0.4) is 0 Å². The number of para-hydroxylation sites is 1. The first kappa shape index (κ1) is 25.1. The number of carbonyl (C=O) groups excluding carboxylic acids is 2. The molecule has 1 fully saturated rings. The maximum Gasteiger partial charge on any atom is 0.253 e. The quantitative estimate of drug-likeness (QED) is 0.324. The first-order valence-corrected chi connectivity index (χ1v) is 12.9. The van der Waals surface area contributed by atoms with Crippen LogP contribution < -0.4 is 10.1 Å². The first-order valence-electron chi connectivity index (χ1n) is 12.9. The molecule has 0 aliphatic carbocycles. The van der Waals surface area contributed by atoms with Gasteiger partial charge in [-0.15, -0.1) is 0 Å². The van der Waals surface area contributed by atoms with E-state index in [-0.39, 0.29) is 11.8 Å².